The van der Waals surface area contributed by atoms with Gasteiger partial charge in [-0.3, -0.25) is 4.98 Å². The Bertz CT molecular complexity index is 373. The molecule has 3 N–H and O–H groups in total. The van der Waals surface area contributed by atoms with Crippen molar-refractivity contribution in [2.45, 2.75) is 31.9 Å². The van der Waals surface area contributed by atoms with E-state index in [2.05, 4.69) is 10.3 Å². The lowest BCUT2D eigenvalue weighted by atomic mass is 9.81. The zero-order chi connectivity index (χ0) is 12.3. The van der Waals surface area contributed by atoms with E-state index in [0.717, 1.165) is 31.5 Å². The highest BCUT2D eigenvalue weighted by Crippen LogP contribution is 2.32. The molecule has 1 aliphatic heterocycles. The molecule has 2 unspecified atom stereocenters. The molecule has 3 nitrogen and oxygen atoms in total. The van der Waals surface area contributed by atoms with Crippen LogP contribution in [-0.4, -0.2) is 23.7 Å². The van der Waals surface area contributed by atoms with Crippen molar-refractivity contribution in [1.82, 2.24) is 10.3 Å². The van der Waals surface area contributed by atoms with E-state index in [1.807, 2.05) is 0 Å². The Morgan fingerprint density at radius 3 is 3.12 bits per heavy atom. The summed E-state index contributed by atoms with van der Waals surface area (Å²) in [6.45, 7) is 3.44. The maximum Gasteiger partial charge on any atom is 0.116 e. The van der Waals surface area contributed by atoms with Crippen LogP contribution >= 0.6 is 0 Å². The number of aromatic nitrogens is 1. The fourth-order valence-corrected chi connectivity index (χ4v) is 2.47. The fraction of sp³-hybridized carbons (Fsp3) is 0.615. The third kappa shape index (κ3) is 2.94. The number of rotatable bonds is 3. The molecule has 17 heavy (non-hydrogen) atoms. The van der Waals surface area contributed by atoms with E-state index < -0.39 is 5.67 Å². The molecule has 94 valence electrons. The predicted octanol–water partition coefficient (Wildman–Crippen LogP) is 1.93. The average Bonchev–Trinajstić information content (AvgIpc) is 2.33. The highest BCUT2D eigenvalue weighted by Gasteiger charge is 2.35. The van der Waals surface area contributed by atoms with Crippen molar-refractivity contribution in [2.75, 3.05) is 18.8 Å². The van der Waals surface area contributed by atoms with Gasteiger partial charge >= 0.3 is 0 Å². The van der Waals surface area contributed by atoms with Gasteiger partial charge in [0, 0.05) is 37.0 Å². The largest absolute Gasteiger partial charge is 0.398 e. The first-order valence-corrected chi connectivity index (χ1v) is 6.17. The normalized spacial score (nSPS) is 24.2. The van der Waals surface area contributed by atoms with Gasteiger partial charge in [-0.15, -0.1) is 0 Å². The summed E-state index contributed by atoms with van der Waals surface area (Å²) >= 11 is 0. The second-order valence-electron chi connectivity index (χ2n) is 5.07. The van der Waals surface area contributed by atoms with Crippen molar-refractivity contribution in [1.29, 1.82) is 0 Å². The zero-order valence-corrected chi connectivity index (χ0v) is 10.2. The van der Waals surface area contributed by atoms with Crippen molar-refractivity contribution in [3.05, 3.63) is 24.0 Å². The number of nitrogens with one attached hydrogen (secondary N) is 1. The second kappa shape index (κ2) is 5.00. The molecule has 0 spiro atoms. The van der Waals surface area contributed by atoms with Gasteiger partial charge < -0.3 is 11.1 Å². The number of pyridine rings is 1. The molecule has 0 radical (unpaired) electrons. The summed E-state index contributed by atoms with van der Waals surface area (Å²) in [6, 6.07) is 1.73. The van der Waals surface area contributed by atoms with Gasteiger partial charge in [-0.25, -0.2) is 4.39 Å². The summed E-state index contributed by atoms with van der Waals surface area (Å²) in [5.41, 5.74) is 6.06. The fourth-order valence-electron chi connectivity index (χ4n) is 2.47. The van der Waals surface area contributed by atoms with Crippen molar-refractivity contribution in [3.8, 4) is 0 Å². The van der Waals surface area contributed by atoms with Gasteiger partial charge in [-0.2, -0.15) is 0 Å². The number of hydrogen-bond acceptors (Lipinski definition) is 3. The molecule has 0 bridgehead atoms. The Hall–Kier alpha value is -1.16. The zero-order valence-electron chi connectivity index (χ0n) is 10.2. The van der Waals surface area contributed by atoms with E-state index in [1.54, 1.807) is 25.4 Å². The molecule has 2 rings (SSSR count). The third-order valence-electron chi connectivity index (χ3n) is 3.63. The second-order valence-corrected chi connectivity index (χ2v) is 5.07. The summed E-state index contributed by atoms with van der Waals surface area (Å²) in [7, 11) is 0. The number of anilines is 1. The maximum absolute atomic E-state index is 14.7. The highest BCUT2D eigenvalue weighted by atomic mass is 19.1. The van der Waals surface area contributed by atoms with Gasteiger partial charge in [0.2, 0.25) is 0 Å². The van der Waals surface area contributed by atoms with E-state index in [1.165, 1.54) is 0 Å². The molecule has 1 aromatic rings. The molecule has 1 aromatic heterocycles. The molecule has 1 saturated heterocycles. The molecular weight excluding hydrogens is 217 g/mol. The Labute approximate surface area is 102 Å². The van der Waals surface area contributed by atoms with E-state index in [4.69, 9.17) is 5.73 Å². The molecule has 0 aromatic carbocycles. The number of nitrogens with two attached hydrogens (primary N) is 1. The quantitative estimate of drug-likeness (QED) is 0.844. The minimum absolute atomic E-state index is 0.0656. The Morgan fingerprint density at radius 2 is 2.47 bits per heavy atom. The van der Waals surface area contributed by atoms with Crippen molar-refractivity contribution >= 4 is 5.69 Å². The van der Waals surface area contributed by atoms with Crippen molar-refractivity contribution in [2.24, 2.45) is 5.92 Å². The molecule has 4 heteroatoms. The third-order valence-corrected chi connectivity index (χ3v) is 3.63. The number of hydrogen-bond donors (Lipinski definition) is 2. The smallest absolute Gasteiger partial charge is 0.116 e. The van der Waals surface area contributed by atoms with Crippen LogP contribution < -0.4 is 11.1 Å². The van der Waals surface area contributed by atoms with Crippen LogP contribution in [0.5, 0.6) is 0 Å². The SMILES string of the molecule is CC(F)(Cc1cnccc1N)C1CCCNC1. The first kappa shape index (κ1) is 12.3. The molecule has 1 fully saturated rings. The van der Waals surface area contributed by atoms with Gasteiger partial charge in [0.25, 0.3) is 0 Å². The molecule has 0 saturated carbocycles. The minimum Gasteiger partial charge on any atom is -0.398 e. The lowest BCUT2D eigenvalue weighted by Gasteiger charge is -2.34. The van der Waals surface area contributed by atoms with Gasteiger partial charge in [-0.1, -0.05) is 0 Å². The molecule has 2 heterocycles. The lowest BCUT2D eigenvalue weighted by Crippen LogP contribution is -2.42. The molecule has 0 aliphatic carbocycles. The lowest BCUT2D eigenvalue weighted by molar-refractivity contribution is 0.0834. The summed E-state index contributed by atoms with van der Waals surface area (Å²) in [4.78, 5) is 4.01. The van der Waals surface area contributed by atoms with Crippen LogP contribution in [0.2, 0.25) is 0 Å². The molecule has 2 atom stereocenters. The predicted molar refractivity (Wildman–Crippen MR) is 67.5 cm³/mol. The summed E-state index contributed by atoms with van der Waals surface area (Å²) < 4.78 is 14.7. The number of piperidine rings is 1. The van der Waals surface area contributed by atoms with Crippen LogP contribution in [0.25, 0.3) is 0 Å². The van der Waals surface area contributed by atoms with Crippen molar-refractivity contribution in [3.63, 3.8) is 0 Å². The average molecular weight is 237 g/mol. The van der Waals surface area contributed by atoms with Crippen LogP contribution in [0.4, 0.5) is 10.1 Å². The maximum atomic E-state index is 14.7. The molecule has 1 aliphatic rings. The number of nitrogens with zero attached hydrogens (tertiary/aromatic N) is 1. The minimum atomic E-state index is -1.22. The Kier molecular flexibility index (Phi) is 3.62. The standard InChI is InChI=1S/C13H20FN3/c1-13(14,11-3-2-5-16-9-11)7-10-8-17-6-4-12(10)15/h4,6,8,11,16H,2-3,5,7,9H2,1H3,(H2,15,17). The van der Waals surface area contributed by atoms with Gasteiger partial charge in [0.1, 0.15) is 5.67 Å². The van der Waals surface area contributed by atoms with E-state index in [-0.39, 0.29) is 5.92 Å². The van der Waals surface area contributed by atoms with Crippen LogP contribution in [0, 0.1) is 5.92 Å². The van der Waals surface area contributed by atoms with Gasteiger partial charge in [-0.05, 0) is 37.9 Å². The van der Waals surface area contributed by atoms with E-state index in [9.17, 15) is 4.39 Å². The van der Waals surface area contributed by atoms with E-state index in [0.29, 0.717) is 12.1 Å². The summed E-state index contributed by atoms with van der Waals surface area (Å²) in [5.74, 6) is 0.0656. The topological polar surface area (TPSA) is 50.9 Å². The van der Waals surface area contributed by atoms with Crippen LogP contribution in [0.1, 0.15) is 25.3 Å². The number of halogens is 1. The molecule has 0 amide bonds. The van der Waals surface area contributed by atoms with Crippen LogP contribution in [0.3, 0.4) is 0 Å². The summed E-state index contributed by atoms with van der Waals surface area (Å²) in [5, 5.41) is 3.25. The van der Waals surface area contributed by atoms with E-state index >= 15 is 0 Å². The van der Waals surface area contributed by atoms with Crippen molar-refractivity contribution < 1.29 is 4.39 Å². The Balaban J connectivity index is 2.08. The summed E-state index contributed by atoms with van der Waals surface area (Å²) in [6.07, 6.45) is 5.64. The number of nitrogen functional groups attached to an aromatic ring is 1. The van der Waals surface area contributed by atoms with Crippen LogP contribution in [-0.2, 0) is 6.42 Å². The highest BCUT2D eigenvalue weighted by molar-refractivity contribution is 5.45. The monoisotopic (exact) mass is 237 g/mol. The first-order chi connectivity index (χ1) is 8.09. The van der Waals surface area contributed by atoms with Crippen LogP contribution in [0.15, 0.2) is 18.5 Å². The van der Waals surface area contributed by atoms with Gasteiger partial charge in [0.15, 0.2) is 0 Å². The van der Waals surface area contributed by atoms with Gasteiger partial charge in [0.05, 0.1) is 0 Å². The number of alkyl halides is 1. The first-order valence-electron chi connectivity index (χ1n) is 6.17. The molecular formula is C13H20FN3. The Morgan fingerprint density at radius 1 is 1.65 bits per heavy atom.